The molecule has 102 valence electrons. The molecule has 1 atom stereocenters. The van der Waals surface area contributed by atoms with Crippen LogP contribution in [0.25, 0.3) is 0 Å². The maximum atomic E-state index is 8.74. The highest BCUT2D eigenvalue weighted by Gasteiger charge is 2.00. The minimum absolute atomic E-state index is 0.226. The van der Waals surface area contributed by atoms with E-state index in [1.165, 1.54) is 5.56 Å². The monoisotopic (exact) mass is 266 g/mol. The van der Waals surface area contributed by atoms with Gasteiger partial charge in [0, 0.05) is 6.04 Å². The second kappa shape index (κ2) is 6.74. The zero-order chi connectivity index (χ0) is 14.4. The van der Waals surface area contributed by atoms with E-state index in [0.717, 1.165) is 24.3 Å². The average Bonchev–Trinajstić information content (AvgIpc) is 2.47. The number of hydrogen-bond donors (Lipinski definition) is 1. The molecule has 0 saturated heterocycles. The maximum absolute atomic E-state index is 8.74. The molecule has 2 N–H and O–H groups in total. The molecule has 2 aromatic rings. The van der Waals surface area contributed by atoms with Crippen molar-refractivity contribution in [2.75, 3.05) is 0 Å². The van der Waals surface area contributed by atoms with Gasteiger partial charge in [-0.2, -0.15) is 5.26 Å². The maximum Gasteiger partial charge on any atom is 0.127 e. The van der Waals surface area contributed by atoms with Gasteiger partial charge in [0.1, 0.15) is 11.5 Å². The predicted octanol–water partition coefficient (Wildman–Crippen LogP) is 3.63. The molecule has 0 heterocycles. The molecule has 0 spiro atoms. The summed E-state index contributed by atoms with van der Waals surface area (Å²) in [6.45, 7) is 2.02. The Bertz CT molecular complexity index is 580. The lowest BCUT2D eigenvalue weighted by molar-refractivity contribution is 0.482. The molecule has 2 rings (SSSR count). The van der Waals surface area contributed by atoms with Crippen molar-refractivity contribution >= 4 is 0 Å². The summed E-state index contributed by atoms with van der Waals surface area (Å²) < 4.78 is 5.72. The van der Waals surface area contributed by atoms with Crippen LogP contribution in [0.1, 0.15) is 24.5 Å². The van der Waals surface area contributed by atoms with Gasteiger partial charge in [0.25, 0.3) is 0 Å². The van der Waals surface area contributed by atoms with Gasteiger partial charge in [-0.15, -0.1) is 0 Å². The summed E-state index contributed by atoms with van der Waals surface area (Å²) in [4.78, 5) is 0. The van der Waals surface area contributed by atoms with Crippen molar-refractivity contribution in [2.24, 2.45) is 5.73 Å². The van der Waals surface area contributed by atoms with Crippen LogP contribution in [0.15, 0.2) is 48.5 Å². The van der Waals surface area contributed by atoms with Crippen molar-refractivity contribution in [3.8, 4) is 17.6 Å². The zero-order valence-electron chi connectivity index (χ0n) is 11.5. The Morgan fingerprint density at radius 3 is 2.10 bits per heavy atom. The number of nitrogens with two attached hydrogens (primary N) is 1. The van der Waals surface area contributed by atoms with Crippen LogP contribution in [0, 0.1) is 11.3 Å². The summed E-state index contributed by atoms with van der Waals surface area (Å²) in [6, 6.07) is 17.4. The summed E-state index contributed by atoms with van der Waals surface area (Å²) >= 11 is 0. The van der Waals surface area contributed by atoms with Crippen molar-refractivity contribution in [3.05, 3.63) is 59.7 Å². The Labute approximate surface area is 119 Å². The first-order chi connectivity index (χ1) is 9.67. The number of hydrogen-bond acceptors (Lipinski definition) is 3. The van der Waals surface area contributed by atoms with Crippen LogP contribution in [0.5, 0.6) is 11.5 Å². The van der Waals surface area contributed by atoms with Crippen LogP contribution in [-0.4, -0.2) is 6.04 Å². The fourth-order valence-corrected chi connectivity index (χ4v) is 1.85. The molecule has 0 aliphatic rings. The number of nitrogens with zero attached hydrogens (tertiary/aromatic N) is 1. The molecule has 0 amide bonds. The number of benzene rings is 2. The standard InChI is InChI=1S/C17H18N2O/c1-13(19)2-3-14-4-8-16(9-5-14)20-17-10-6-15(12-18)7-11-17/h4-11,13H,2-3,19H2,1H3. The second-order valence-electron chi connectivity index (χ2n) is 4.90. The third-order valence-electron chi connectivity index (χ3n) is 3.03. The molecule has 1 unspecified atom stereocenters. The fraction of sp³-hybridized carbons (Fsp3) is 0.235. The Kier molecular flexibility index (Phi) is 4.75. The van der Waals surface area contributed by atoms with Crippen LogP contribution in [0.3, 0.4) is 0 Å². The summed E-state index contributed by atoms with van der Waals surface area (Å²) in [7, 11) is 0. The largest absolute Gasteiger partial charge is 0.457 e. The Morgan fingerprint density at radius 1 is 1.05 bits per heavy atom. The van der Waals surface area contributed by atoms with Gasteiger partial charge in [0.15, 0.2) is 0 Å². The molecule has 0 bridgehead atoms. The first kappa shape index (κ1) is 14.1. The topological polar surface area (TPSA) is 59.0 Å². The van der Waals surface area contributed by atoms with E-state index in [2.05, 4.69) is 18.2 Å². The molecule has 3 nitrogen and oxygen atoms in total. The lowest BCUT2D eigenvalue weighted by atomic mass is 10.1. The third kappa shape index (κ3) is 4.11. The van der Waals surface area contributed by atoms with Gasteiger partial charge < -0.3 is 10.5 Å². The Morgan fingerprint density at radius 2 is 1.60 bits per heavy atom. The minimum Gasteiger partial charge on any atom is -0.457 e. The molecule has 0 fully saturated rings. The molecule has 3 heteroatoms. The first-order valence-electron chi connectivity index (χ1n) is 6.70. The Balaban J connectivity index is 1.97. The van der Waals surface area contributed by atoms with E-state index in [1.807, 2.05) is 19.1 Å². The highest BCUT2D eigenvalue weighted by Crippen LogP contribution is 2.22. The summed E-state index contributed by atoms with van der Waals surface area (Å²) in [5, 5.41) is 8.74. The van der Waals surface area contributed by atoms with Gasteiger partial charge in [-0.25, -0.2) is 0 Å². The molecule has 0 radical (unpaired) electrons. The molecular weight excluding hydrogens is 248 g/mol. The third-order valence-corrected chi connectivity index (χ3v) is 3.03. The number of nitriles is 1. The van der Waals surface area contributed by atoms with Crippen molar-refractivity contribution < 1.29 is 4.74 Å². The summed E-state index contributed by atoms with van der Waals surface area (Å²) in [5.74, 6) is 1.52. The van der Waals surface area contributed by atoms with Crippen molar-refractivity contribution in [1.29, 1.82) is 5.26 Å². The van der Waals surface area contributed by atoms with Crippen LogP contribution in [-0.2, 0) is 6.42 Å². The predicted molar refractivity (Wildman–Crippen MR) is 79.6 cm³/mol. The minimum atomic E-state index is 0.226. The summed E-state index contributed by atoms with van der Waals surface area (Å²) in [5.41, 5.74) is 7.64. The number of ether oxygens (including phenoxy) is 1. The highest BCUT2D eigenvalue weighted by molar-refractivity contribution is 5.37. The molecule has 2 aromatic carbocycles. The van der Waals surface area contributed by atoms with E-state index >= 15 is 0 Å². The fourth-order valence-electron chi connectivity index (χ4n) is 1.85. The van der Waals surface area contributed by atoms with E-state index in [-0.39, 0.29) is 6.04 Å². The van der Waals surface area contributed by atoms with Crippen molar-refractivity contribution in [1.82, 2.24) is 0 Å². The van der Waals surface area contributed by atoms with Gasteiger partial charge in [-0.05, 0) is 61.7 Å². The van der Waals surface area contributed by atoms with E-state index in [4.69, 9.17) is 15.7 Å². The number of rotatable bonds is 5. The lowest BCUT2D eigenvalue weighted by Gasteiger charge is -2.08. The lowest BCUT2D eigenvalue weighted by Crippen LogP contribution is -2.15. The zero-order valence-corrected chi connectivity index (χ0v) is 11.5. The first-order valence-corrected chi connectivity index (χ1v) is 6.70. The van der Waals surface area contributed by atoms with Gasteiger partial charge in [0.2, 0.25) is 0 Å². The van der Waals surface area contributed by atoms with Crippen molar-refractivity contribution in [2.45, 2.75) is 25.8 Å². The summed E-state index contributed by atoms with van der Waals surface area (Å²) in [6.07, 6.45) is 1.96. The molecular formula is C17H18N2O. The van der Waals surface area contributed by atoms with E-state index in [9.17, 15) is 0 Å². The molecule has 0 aromatic heterocycles. The smallest absolute Gasteiger partial charge is 0.127 e. The van der Waals surface area contributed by atoms with Crippen LogP contribution in [0.4, 0.5) is 0 Å². The molecule has 0 saturated carbocycles. The quantitative estimate of drug-likeness (QED) is 0.899. The normalized spacial score (nSPS) is 11.7. The highest BCUT2D eigenvalue weighted by atomic mass is 16.5. The second-order valence-corrected chi connectivity index (χ2v) is 4.90. The van der Waals surface area contributed by atoms with Crippen LogP contribution in [0.2, 0.25) is 0 Å². The van der Waals surface area contributed by atoms with Gasteiger partial charge in [-0.1, -0.05) is 12.1 Å². The van der Waals surface area contributed by atoms with E-state index < -0.39 is 0 Å². The molecule has 20 heavy (non-hydrogen) atoms. The molecule has 0 aliphatic heterocycles. The van der Waals surface area contributed by atoms with Crippen molar-refractivity contribution in [3.63, 3.8) is 0 Å². The Hall–Kier alpha value is -2.31. The SMILES string of the molecule is CC(N)CCc1ccc(Oc2ccc(C#N)cc2)cc1. The molecule has 0 aliphatic carbocycles. The average molecular weight is 266 g/mol. The van der Waals surface area contributed by atoms with Crippen LogP contribution >= 0.6 is 0 Å². The van der Waals surface area contributed by atoms with Crippen LogP contribution < -0.4 is 10.5 Å². The van der Waals surface area contributed by atoms with E-state index in [1.54, 1.807) is 24.3 Å². The van der Waals surface area contributed by atoms with Gasteiger partial charge in [0.05, 0.1) is 11.6 Å². The number of aryl methyl sites for hydroxylation is 1. The van der Waals surface area contributed by atoms with Gasteiger partial charge >= 0.3 is 0 Å². The van der Waals surface area contributed by atoms with Gasteiger partial charge in [-0.3, -0.25) is 0 Å². The van der Waals surface area contributed by atoms with E-state index in [0.29, 0.717) is 5.56 Å².